The molecule has 2 atom stereocenters. The van der Waals surface area contributed by atoms with E-state index in [0.29, 0.717) is 35.7 Å². The molecule has 8 heteroatoms. The standard InChI is InChI=1S/C24H26N4O4/c1-14-10-16(24(30)31-3)8-9-17(14)22-13-28(12-15(2)32-22)20-11-19(26-27-23(20)25)18-6-4-5-7-21(18)29/h4-11,15,22,29H,12-13H2,1-3H3,(H2,25,27)/t15-,22+/m1/s1. The summed E-state index contributed by atoms with van der Waals surface area (Å²) in [6.07, 6.45) is -0.277. The first-order valence-electron chi connectivity index (χ1n) is 10.4. The fraction of sp³-hybridized carbons (Fsp3) is 0.292. The van der Waals surface area contributed by atoms with Crippen LogP contribution in [0.5, 0.6) is 5.75 Å². The molecule has 1 aliphatic rings. The quantitative estimate of drug-likeness (QED) is 0.601. The molecular formula is C24H26N4O4. The molecule has 1 aliphatic heterocycles. The fourth-order valence-corrected chi connectivity index (χ4v) is 4.07. The Balaban J connectivity index is 1.65. The van der Waals surface area contributed by atoms with Crippen molar-refractivity contribution in [3.63, 3.8) is 0 Å². The van der Waals surface area contributed by atoms with Gasteiger partial charge in [0, 0.05) is 18.7 Å². The number of benzene rings is 2. The molecule has 0 unspecified atom stereocenters. The van der Waals surface area contributed by atoms with Gasteiger partial charge in [0.25, 0.3) is 0 Å². The third-order valence-corrected chi connectivity index (χ3v) is 5.62. The Labute approximate surface area is 186 Å². The highest BCUT2D eigenvalue weighted by Crippen LogP contribution is 2.35. The minimum Gasteiger partial charge on any atom is -0.507 e. The Morgan fingerprint density at radius 3 is 2.69 bits per heavy atom. The van der Waals surface area contributed by atoms with E-state index in [1.807, 2.05) is 38.1 Å². The maximum atomic E-state index is 11.8. The monoisotopic (exact) mass is 434 g/mol. The number of carbonyl (C=O) groups excluding carboxylic acids is 1. The third kappa shape index (κ3) is 4.22. The summed E-state index contributed by atoms with van der Waals surface area (Å²) in [6.45, 7) is 5.14. The molecular weight excluding hydrogens is 408 g/mol. The van der Waals surface area contributed by atoms with Crippen LogP contribution in [0.4, 0.5) is 11.5 Å². The number of hydrogen-bond acceptors (Lipinski definition) is 8. The first kappa shape index (κ1) is 21.6. The number of morpholine rings is 1. The summed E-state index contributed by atoms with van der Waals surface area (Å²) in [6, 6.07) is 14.3. The van der Waals surface area contributed by atoms with Gasteiger partial charge in [0.1, 0.15) is 11.9 Å². The van der Waals surface area contributed by atoms with Gasteiger partial charge in [-0.1, -0.05) is 18.2 Å². The number of phenolic OH excluding ortho intramolecular Hbond substituents is 1. The Morgan fingerprint density at radius 1 is 1.19 bits per heavy atom. The molecule has 0 bridgehead atoms. The van der Waals surface area contributed by atoms with Crippen molar-refractivity contribution in [1.82, 2.24) is 10.2 Å². The topological polar surface area (TPSA) is 111 Å². The molecule has 3 aromatic rings. The van der Waals surface area contributed by atoms with Crippen LogP contribution in [0.25, 0.3) is 11.3 Å². The number of aromatic hydroxyl groups is 1. The van der Waals surface area contributed by atoms with Crippen LogP contribution >= 0.6 is 0 Å². The first-order valence-corrected chi connectivity index (χ1v) is 10.4. The van der Waals surface area contributed by atoms with E-state index < -0.39 is 0 Å². The fourth-order valence-electron chi connectivity index (χ4n) is 4.07. The van der Waals surface area contributed by atoms with E-state index in [4.69, 9.17) is 15.2 Å². The number of methoxy groups -OCH3 is 1. The van der Waals surface area contributed by atoms with Gasteiger partial charge >= 0.3 is 5.97 Å². The lowest BCUT2D eigenvalue weighted by molar-refractivity contribution is -0.0176. The predicted molar refractivity (Wildman–Crippen MR) is 122 cm³/mol. The van der Waals surface area contributed by atoms with Gasteiger partial charge in [-0.05, 0) is 55.3 Å². The van der Waals surface area contributed by atoms with Crippen LogP contribution < -0.4 is 10.6 Å². The lowest BCUT2D eigenvalue weighted by atomic mass is 9.98. The van der Waals surface area contributed by atoms with E-state index in [0.717, 1.165) is 16.8 Å². The Hall–Kier alpha value is -3.65. The normalized spacial score (nSPS) is 18.4. The largest absolute Gasteiger partial charge is 0.507 e. The van der Waals surface area contributed by atoms with E-state index in [1.165, 1.54) is 7.11 Å². The van der Waals surface area contributed by atoms with Gasteiger partial charge in [-0.15, -0.1) is 10.2 Å². The molecule has 3 N–H and O–H groups in total. The second-order valence-corrected chi connectivity index (χ2v) is 7.92. The van der Waals surface area contributed by atoms with E-state index >= 15 is 0 Å². The van der Waals surface area contributed by atoms with E-state index in [9.17, 15) is 9.90 Å². The van der Waals surface area contributed by atoms with Gasteiger partial charge < -0.3 is 25.2 Å². The summed E-state index contributed by atoms with van der Waals surface area (Å²) in [5.74, 6) is 0.0772. The molecule has 1 fully saturated rings. The van der Waals surface area contributed by atoms with Gasteiger partial charge in [0.2, 0.25) is 0 Å². The highest BCUT2D eigenvalue weighted by Gasteiger charge is 2.29. The maximum Gasteiger partial charge on any atom is 0.337 e. The van der Waals surface area contributed by atoms with Gasteiger partial charge in [0.05, 0.1) is 30.2 Å². The number of anilines is 2. The Bertz CT molecular complexity index is 1150. The van der Waals surface area contributed by atoms with E-state index in [-0.39, 0.29) is 23.9 Å². The van der Waals surface area contributed by atoms with Crippen molar-refractivity contribution in [2.45, 2.75) is 26.1 Å². The molecule has 8 nitrogen and oxygen atoms in total. The zero-order chi connectivity index (χ0) is 22.8. The number of nitrogens with two attached hydrogens (primary N) is 1. The number of aryl methyl sites for hydroxylation is 1. The van der Waals surface area contributed by atoms with Crippen molar-refractivity contribution in [2.24, 2.45) is 0 Å². The molecule has 166 valence electrons. The van der Waals surface area contributed by atoms with Crippen molar-refractivity contribution in [3.8, 4) is 17.0 Å². The molecule has 1 saturated heterocycles. The molecule has 0 saturated carbocycles. The van der Waals surface area contributed by atoms with E-state index in [1.54, 1.807) is 24.3 Å². The van der Waals surface area contributed by atoms with Gasteiger partial charge in [-0.25, -0.2) is 4.79 Å². The molecule has 1 aromatic heterocycles. The Kier molecular flexibility index (Phi) is 5.96. The summed E-state index contributed by atoms with van der Waals surface area (Å²) in [7, 11) is 1.37. The number of rotatable bonds is 4. The lowest BCUT2D eigenvalue weighted by Gasteiger charge is -2.39. The zero-order valence-electron chi connectivity index (χ0n) is 18.3. The van der Waals surface area contributed by atoms with Crippen molar-refractivity contribution < 1.29 is 19.4 Å². The first-order chi connectivity index (χ1) is 15.4. The minimum absolute atomic E-state index is 0.0606. The molecule has 32 heavy (non-hydrogen) atoms. The summed E-state index contributed by atoms with van der Waals surface area (Å²) in [4.78, 5) is 14.0. The minimum atomic E-state index is -0.369. The van der Waals surface area contributed by atoms with Crippen LogP contribution in [0.3, 0.4) is 0 Å². The summed E-state index contributed by atoms with van der Waals surface area (Å²) in [5, 5.41) is 18.5. The second-order valence-electron chi connectivity index (χ2n) is 7.92. The van der Waals surface area contributed by atoms with Gasteiger partial charge in [-0.3, -0.25) is 0 Å². The lowest BCUT2D eigenvalue weighted by Crippen LogP contribution is -2.43. The zero-order valence-corrected chi connectivity index (χ0v) is 18.3. The van der Waals surface area contributed by atoms with Crippen LogP contribution in [0, 0.1) is 6.92 Å². The molecule has 0 radical (unpaired) electrons. The number of nitrogens with zero attached hydrogens (tertiary/aromatic N) is 3. The highest BCUT2D eigenvalue weighted by molar-refractivity contribution is 5.89. The maximum absolute atomic E-state index is 11.8. The third-order valence-electron chi connectivity index (χ3n) is 5.62. The van der Waals surface area contributed by atoms with Gasteiger partial charge in [-0.2, -0.15) is 0 Å². The van der Waals surface area contributed by atoms with Crippen LogP contribution in [0.2, 0.25) is 0 Å². The smallest absolute Gasteiger partial charge is 0.337 e. The SMILES string of the molecule is COC(=O)c1ccc([C@@H]2CN(c3cc(-c4ccccc4O)nnc3N)C[C@@H](C)O2)c(C)c1. The molecule has 4 rings (SSSR count). The molecule has 2 heterocycles. The number of esters is 1. The number of aromatic nitrogens is 2. The number of nitrogen functional groups attached to an aromatic ring is 1. The summed E-state index contributed by atoms with van der Waals surface area (Å²) < 4.78 is 11.0. The number of phenols is 1. The average molecular weight is 434 g/mol. The summed E-state index contributed by atoms with van der Waals surface area (Å²) >= 11 is 0. The van der Waals surface area contributed by atoms with Crippen LogP contribution in [-0.4, -0.2) is 47.6 Å². The van der Waals surface area contributed by atoms with Crippen molar-refractivity contribution in [2.75, 3.05) is 30.8 Å². The number of hydrogen-bond donors (Lipinski definition) is 2. The molecule has 0 amide bonds. The van der Waals surface area contributed by atoms with Crippen molar-refractivity contribution >= 4 is 17.5 Å². The average Bonchev–Trinajstić information content (AvgIpc) is 2.78. The second kappa shape index (κ2) is 8.84. The van der Waals surface area contributed by atoms with Crippen molar-refractivity contribution in [1.29, 1.82) is 0 Å². The molecule has 0 aliphatic carbocycles. The highest BCUT2D eigenvalue weighted by atomic mass is 16.5. The van der Waals surface area contributed by atoms with Crippen LogP contribution in [0.15, 0.2) is 48.5 Å². The molecule has 0 spiro atoms. The number of para-hydroxylation sites is 1. The summed E-state index contributed by atoms with van der Waals surface area (Å²) in [5.41, 5.74) is 10.5. The van der Waals surface area contributed by atoms with Crippen molar-refractivity contribution in [3.05, 3.63) is 65.2 Å². The van der Waals surface area contributed by atoms with E-state index in [2.05, 4.69) is 15.1 Å². The van der Waals surface area contributed by atoms with Gasteiger partial charge in [0.15, 0.2) is 5.82 Å². The van der Waals surface area contributed by atoms with Crippen LogP contribution in [0.1, 0.15) is 34.5 Å². The number of ether oxygens (including phenoxy) is 2. The van der Waals surface area contributed by atoms with Crippen LogP contribution in [-0.2, 0) is 9.47 Å². The predicted octanol–water partition coefficient (Wildman–Crippen LogP) is 3.49. The Morgan fingerprint density at radius 2 is 1.97 bits per heavy atom. The number of carbonyl (C=O) groups is 1. The molecule has 2 aromatic carbocycles.